The predicted molar refractivity (Wildman–Crippen MR) is 90.0 cm³/mol. The first-order chi connectivity index (χ1) is 12.2. The molecule has 9 heteroatoms. The van der Waals surface area contributed by atoms with Gasteiger partial charge in [0.25, 0.3) is 0 Å². The first-order valence-corrected chi connectivity index (χ1v) is 7.85. The number of urea groups is 1. The fourth-order valence-corrected chi connectivity index (χ4v) is 3.54. The molecule has 2 aliphatic rings. The van der Waals surface area contributed by atoms with E-state index in [0.717, 1.165) is 9.80 Å². The van der Waals surface area contributed by atoms with Gasteiger partial charge in [-0.15, -0.1) is 0 Å². The summed E-state index contributed by atoms with van der Waals surface area (Å²) in [4.78, 5) is 52.1. The van der Waals surface area contributed by atoms with Crippen molar-refractivity contribution in [1.29, 1.82) is 0 Å². The summed E-state index contributed by atoms with van der Waals surface area (Å²) in [5.41, 5.74) is -0.755. The Morgan fingerprint density at radius 2 is 1.58 bits per heavy atom. The molecule has 5 amide bonds. The van der Waals surface area contributed by atoms with Gasteiger partial charge in [0.05, 0.1) is 25.3 Å². The van der Waals surface area contributed by atoms with Gasteiger partial charge < -0.3 is 14.8 Å². The number of anilines is 1. The summed E-state index contributed by atoms with van der Waals surface area (Å²) in [6.07, 6.45) is 0. The van der Waals surface area contributed by atoms with Crippen LogP contribution in [0.4, 0.5) is 10.5 Å². The summed E-state index contributed by atoms with van der Waals surface area (Å²) < 4.78 is 10.6. The Morgan fingerprint density at radius 1 is 1.00 bits per heavy atom. The second-order valence-corrected chi connectivity index (χ2v) is 6.42. The molecule has 1 N–H and O–H groups in total. The summed E-state index contributed by atoms with van der Waals surface area (Å²) in [6.45, 7) is 1.50. The van der Waals surface area contributed by atoms with Crippen LogP contribution in [0.25, 0.3) is 0 Å². The van der Waals surface area contributed by atoms with Crippen LogP contribution >= 0.6 is 0 Å². The van der Waals surface area contributed by atoms with E-state index in [9.17, 15) is 19.2 Å². The normalized spacial score (nSPS) is 23.3. The maximum atomic E-state index is 12.9. The number of barbiturate groups is 1. The molecule has 1 aromatic carbocycles. The van der Waals surface area contributed by atoms with E-state index in [1.807, 2.05) is 0 Å². The Morgan fingerprint density at radius 3 is 2.08 bits per heavy atom. The Kier molecular flexibility index (Phi) is 3.90. The van der Waals surface area contributed by atoms with E-state index in [2.05, 4.69) is 5.32 Å². The average molecular weight is 361 g/mol. The summed E-state index contributed by atoms with van der Waals surface area (Å²) in [5.74, 6) is -2.62. The van der Waals surface area contributed by atoms with E-state index in [1.54, 1.807) is 12.1 Å². The van der Waals surface area contributed by atoms with Crippen LogP contribution in [0, 0.1) is 5.92 Å². The standard InChI is InChI=1S/C17H19N3O6/c1-17(12-13(21)19(2)16(24)20(3)14(12)22)11-9(18-15(17)23)6-8(25-4)7-10(11)26-5/h6-7,12H,1-5H3,(H,18,23). The van der Waals surface area contributed by atoms with Crippen molar-refractivity contribution in [2.45, 2.75) is 12.3 Å². The molecule has 1 saturated heterocycles. The van der Waals surface area contributed by atoms with Crippen molar-refractivity contribution >= 4 is 29.4 Å². The van der Waals surface area contributed by atoms with Crippen LogP contribution in [0.3, 0.4) is 0 Å². The number of carbonyl (C=O) groups excluding carboxylic acids is 4. The topological polar surface area (TPSA) is 105 Å². The number of imide groups is 2. The molecule has 3 rings (SSSR count). The Hall–Kier alpha value is -3.10. The van der Waals surface area contributed by atoms with Crippen LogP contribution in [0.1, 0.15) is 12.5 Å². The minimum Gasteiger partial charge on any atom is -0.497 e. The van der Waals surface area contributed by atoms with Gasteiger partial charge in [0, 0.05) is 31.8 Å². The van der Waals surface area contributed by atoms with Crippen molar-refractivity contribution in [2.24, 2.45) is 5.92 Å². The molecule has 1 atom stereocenters. The van der Waals surface area contributed by atoms with Gasteiger partial charge in [-0.3, -0.25) is 24.2 Å². The number of methoxy groups -OCH3 is 2. The van der Waals surface area contributed by atoms with E-state index in [0.29, 0.717) is 22.7 Å². The van der Waals surface area contributed by atoms with Crippen molar-refractivity contribution < 1.29 is 28.7 Å². The lowest BCUT2D eigenvalue weighted by Crippen LogP contribution is -2.63. The first kappa shape index (κ1) is 17.7. The van der Waals surface area contributed by atoms with Crippen LogP contribution in [0.2, 0.25) is 0 Å². The molecule has 2 aliphatic heterocycles. The second kappa shape index (κ2) is 5.72. The molecule has 1 unspecified atom stereocenters. The van der Waals surface area contributed by atoms with Crippen LogP contribution in [0.5, 0.6) is 11.5 Å². The van der Waals surface area contributed by atoms with Crippen LogP contribution < -0.4 is 14.8 Å². The minimum absolute atomic E-state index is 0.308. The highest BCUT2D eigenvalue weighted by Gasteiger charge is 2.60. The van der Waals surface area contributed by atoms with Crippen molar-refractivity contribution in [2.75, 3.05) is 33.6 Å². The molecule has 2 heterocycles. The molecule has 9 nitrogen and oxygen atoms in total. The number of hydrogen-bond donors (Lipinski definition) is 1. The molecule has 0 spiro atoms. The number of nitrogens with zero attached hydrogens (tertiary/aromatic N) is 2. The SMILES string of the molecule is COc1cc2c(c(OC)c1)C(C)(C1C(=O)N(C)C(=O)N(C)C1=O)C(=O)N2. The number of hydrogen-bond acceptors (Lipinski definition) is 6. The maximum Gasteiger partial charge on any atom is 0.332 e. The van der Waals surface area contributed by atoms with Crippen molar-refractivity contribution in [3.8, 4) is 11.5 Å². The molecule has 0 radical (unpaired) electrons. The van der Waals surface area contributed by atoms with Crippen molar-refractivity contribution in [3.05, 3.63) is 17.7 Å². The Balaban J connectivity index is 2.23. The highest BCUT2D eigenvalue weighted by Crippen LogP contribution is 2.50. The van der Waals surface area contributed by atoms with Crippen LogP contribution in [-0.2, 0) is 19.8 Å². The fraction of sp³-hybridized carbons (Fsp3) is 0.412. The number of rotatable bonds is 3. The maximum absolute atomic E-state index is 12.9. The van der Waals surface area contributed by atoms with E-state index in [-0.39, 0.29) is 0 Å². The molecular formula is C17H19N3O6. The lowest BCUT2D eigenvalue weighted by molar-refractivity contribution is -0.153. The zero-order valence-corrected chi connectivity index (χ0v) is 15.1. The third kappa shape index (κ3) is 2.09. The summed E-state index contributed by atoms with van der Waals surface area (Å²) in [5, 5.41) is 2.69. The Labute approximate surface area is 149 Å². The lowest BCUT2D eigenvalue weighted by Gasteiger charge is -2.39. The van der Waals surface area contributed by atoms with Gasteiger partial charge in [-0.1, -0.05) is 0 Å². The number of amides is 5. The smallest absolute Gasteiger partial charge is 0.332 e. The predicted octanol–water partition coefficient (Wildman–Crippen LogP) is 0.580. The second-order valence-electron chi connectivity index (χ2n) is 6.42. The molecule has 1 aromatic rings. The number of fused-ring (bicyclic) bond motifs is 1. The van der Waals surface area contributed by atoms with Gasteiger partial charge in [0.15, 0.2) is 0 Å². The van der Waals surface area contributed by atoms with Gasteiger partial charge in [0.1, 0.15) is 17.4 Å². The van der Waals surface area contributed by atoms with Gasteiger partial charge in [-0.25, -0.2) is 4.79 Å². The van der Waals surface area contributed by atoms with Crippen molar-refractivity contribution in [3.63, 3.8) is 0 Å². The van der Waals surface area contributed by atoms with Gasteiger partial charge in [0.2, 0.25) is 17.7 Å². The minimum atomic E-state index is -1.54. The average Bonchev–Trinajstić information content (AvgIpc) is 2.88. The fourth-order valence-electron chi connectivity index (χ4n) is 3.54. The third-order valence-corrected chi connectivity index (χ3v) is 5.08. The number of benzene rings is 1. The molecule has 138 valence electrons. The molecule has 26 heavy (non-hydrogen) atoms. The number of ether oxygens (including phenoxy) is 2. The lowest BCUT2D eigenvalue weighted by atomic mass is 9.70. The quantitative estimate of drug-likeness (QED) is 0.790. The molecule has 0 saturated carbocycles. The van der Waals surface area contributed by atoms with Gasteiger partial charge in [-0.05, 0) is 6.92 Å². The van der Waals surface area contributed by atoms with Gasteiger partial charge in [-0.2, -0.15) is 0 Å². The van der Waals surface area contributed by atoms with E-state index in [4.69, 9.17) is 9.47 Å². The third-order valence-electron chi connectivity index (χ3n) is 5.08. The first-order valence-electron chi connectivity index (χ1n) is 7.85. The van der Waals surface area contributed by atoms with Crippen LogP contribution in [-0.4, -0.2) is 61.9 Å². The summed E-state index contributed by atoms with van der Waals surface area (Å²) in [7, 11) is 5.46. The van der Waals surface area contributed by atoms with Crippen molar-refractivity contribution in [1.82, 2.24) is 9.80 Å². The van der Waals surface area contributed by atoms with E-state index >= 15 is 0 Å². The monoisotopic (exact) mass is 361 g/mol. The van der Waals surface area contributed by atoms with Crippen LogP contribution in [0.15, 0.2) is 12.1 Å². The zero-order valence-electron chi connectivity index (χ0n) is 15.1. The molecule has 0 aromatic heterocycles. The van der Waals surface area contributed by atoms with E-state index in [1.165, 1.54) is 35.2 Å². The summed E-state index contributed by atoms with van der Waals surface area (Å²) in [6, 6.07) is 2.44. The van der Waals surface area contributed by atoms with Gasteiger partial charge >= 0.3 is 6.03 Å². The summed E-state index contributed by atoms with van der Waals surface area (Å²) >= 11 is 0. The van der Waals surface area contributed by atoms with E-state index < -0.39 is 35.1 Å². The largest absolute Gasteiger partial charge is 0.497 e. The molecule has 0 aliphatic carbocycles. The number of nitrogens with one attached hydrogen (secondary N) is 1. The molecule has 0 bridgehead atoms. The Bertz CT molecular complexity index is 827. The molecular weight excluding hydrogens is 342 g/mol. The number of carbonyl (C=O) groups is 4. The highest BCUT2D eigenvalue weighted by atomic mass is 16.5. The molecule has 1 fully saturated rings. The highest BCUT2D eigenvalue weighted by molar-refractivity contribution is 6.22. The zero-order chi connectivity index (χ0) is 19.4.